The number of unbranched alkanes of at least 4 members (excludes halogenated alkanes) is 4. The molecule has 0 aliphatic rings. The number of nitrogens with one attached hydrogen (secondary N) is 2. The highest BCUT2D eigenvalue weighted by Crippen LogP contribution is 2.02. The lowest BCUT2D eigenvalue weighted by atomic mass is 10.1. The molecule has 0 aromatic rings. The molecular weight excluding hydrogens is 378 g/mol. The van der Waals surface area contributed by atoms with E-state index in [1.807, 2.05) is 0 Å². The second kappa shape index (κ2) is 22.0. The topological polar surface area (TPSA) is 81.7 Å². The average Bonchev–Trinajstić information content (AvgIpc) is 2.73. The number of carbonyl (C=O) groups excluding carboxylic acids is 2. The molecule has 6 nitrogen and oxygen atoms in total. The molecule has 30 heavy (non-hydrogen) atoms. The average molecular weight is 424 g/mol. The highest BCUT2D eigenvalue weighted by atomic mass is 16.3. The first kappa shape index (κ1) is 28.3. The van der Waals surface area contributed by atoms with Crippen molar-refractivity contribution in [3.8, 4) is 0 Å². The zero-order valence-electron chi connectivity index (χ0n) is 19.3. The van der Waals surface area contributed by atoms with Crippen LogP contribution < -0.4 is 10.6 Å². The van der Waals surface area contributed by atoms with E-state index in [4.69, 9.17) is 0 Å². The fourth-order valence-corrected chi connectivity index (χ4v) is 3.03. The van der Waals surface area contributed by atoms with Gasteiger partial charge in [-0.25, -0.2) is 0 Å². The van der Waals surface area contributed by atoms with Crippen LogP contribution in [0.2, 0.25) is 0 Å². The van der Waals surface area contributed by atoms with E-state index in [-0.39, 0.29) is 18.4 Å². The van der Waals surface area contributed by atoms with Gasteiger partial charge in [0.1, 0.15) is 0 Å². The smallest absolute Gasteiger partial charge is 0.220 e. The Balaban J connectivity index is 3.81. The minimum absolute atomic E-state index is 0.0679. The summed E-state index contributed by atoms with van der Waals surface area (Å²) in [6.07, 6.45) is 17.9. The Morgan fingerprint density at radius 1 is 0.733 bits per heavy atom. The Labute approximate surface area is 184 Å². The number of hydrogen-bond acceptors (Lipinski definition) is 4. The fraction of sp³-hybridized carbons (Fsp3) is 0.750. The van der Waals surface area contributed by atoms with Crippen molar-refractivity contribution in [1.29, 1.82) is 0 Å². The molecule has 0 unspecified atom stereocenters. The number of rotatable bonds is 20. The number of amides is 2. The van der Waals surface area contributed by atoms with Gasteiger partial charge >= 0.3 is 0 Å². The van der Waals surface area contributed by atoms with Crippen molar-refractivity contribution in [3.05, 3.63) is 24.3 Å². The predicted molar refractivity (Wildman–Crippen MR) is 125 cm³/mol. The minimum atomic E-state index is 0.0679. The molecule has 0 aromatic heterocycles. The molecule has 6 heteroatoms. The van der Waals surface area contributed by atoms with E-state index < -0.39 is 0 Å². The van der Waals surface area contributed by atoms with Crippen LogP contribution in [-0.2, 0) is 9.59 Å². The largest absolute Gasteiger partial charge is 0.395 e. The molecule has 0 aromatic carbocycles. The molecule has 0 spiro atoms. The summed E-state index contributed by atoms with van der Waals surface area (Å²) in [4.78, 5) is 25.9. The summed E-state index contributed by atoms with van der Waals surface area (Å²) in [7, 11) is 0. The monoisotopic (exact) mass is 423 g/mol. The van der Waals surface area contributed by atoms with Crippen molar-refractivity contribution < 1.29 is 14.7 Å². The fourth-order valence-electron chi connectivity index (χ4n) is 3.03. The second-order valence-electron chi connectivity index (χ2n) is 7.52. The zero-order valence-corrected chi connectivity index (χ0v) is 19.3. The summed E-state index contributed by atoms with van der Waals surface area (Å²) in [6, 6.07) is 0. The third-order valence-corrected chi connectivity index (χ3v) is 4.77. The molecule has 0 aliphatic heterocycles. The summed E-state index contributed by atoms with van der Waals surface area (Å²) in [5, 5.41) is 15.1. The third kappa shape index (κ3) is 19.6. The van der Waals surface area contributed by atoms with Gasteiger partial charge < -0.3 is 15.7 Å². The van der Waals surface area contributed by atoms with Crippen molar-refractivity contribution in [2.24, 2.45) is 0 Å². The van der Waals surface area contributed by atoms with Crippen LogP contribution >= 0.6 is 0 Å². The molecule has 0 saturated heterocycles. The van der Waals surface area contributed by atoms with E-state index in [9.17, 15) is 14.7 Å². The number of carbonyl (C=O) groups is 2. The third-order valence-electron chi connectivity index (χ3n) is 4.77. The summed E-state index contributed by atoms with van der Waals surface area (Å²) in [5.74, 6) is 0.168. The Kier molecular flexibility index (Phi) is 20.8. The molecule has 0 fully saturated rings. The van der Waals surface area contributed by atoms with Gasteiger partial charge in [0.2, 0.25) is 11.8 Å². The van der Waals surface area contributed by atoms with Gasteiger partial charge in [0.25, 0.3) is 0 Å². The molecule has 174 valence electrons. The molecule has 0 rings (SSSR count). The van der Waals surface area contributed by atoms with Crippen LogP contribution in [0.4, 0.5) is 0 Å². The van der Waals surface area contributed by atoms with Gasteiger partial charge in [-0.1, -0.05) is 38.2 Å². The number of hydrogen-bond donors (Lipinski definition) is 3. The van der Waals surface area contributed by atoms with Crippen molar-refractivity contribution in [2.75, 3.05) is 39.3 Å². The molecule has 0 atom stereocenters. The summed E-state index contributed by atoms with van der Waals surface area (Å²) < 4.78 is 0. The molecule has 0 radical (unpaired) electrons. The van der Waals surface area contributed by atoms with E-state index in [0.29, 0.717) is 45.6 Å². The van der Waals surface area contributed by atoms with Crippen LogP contribution in [0.1, 0.15) is 78.1 Å². The molecule has 3 N–H and O–H groups in total. The summed E-state index contributed by atoms with van der Waals surface area (Å²) >= 11 is 0. The number of nitrogens with zero attached hydrogens (tertiary/aromatic N) is 1. The molecule has 0 saturated carbocycles. The highest BCUT2D eigenvalue weighted by molar-refractivity contribution is 5.76. The number of allylic oxidation sites excluding steroid dienone is 4. The van der Waals surface area contributed by atoms with Gasteiger partial charge in [0, 0.05) is 45.6 Å². The normalized spacial score (nSPS) is 11.6. The first-order valence-corrected chi connectivity index (χ1v) is 11.8. The van der Waals surface area contributed by atoms with Gasteiger partial charge in [0.05, 0.1) is 6.61 Å². The predicted octanol–water partition coefficient (Wildman–Crippen LogP) is 3.57. The van der Waals surface area contributed by atoms with Crippen molar-refractivity contribution >= 4 is 11.8 Å². The van der Waals surface area contributed by atoms with Gasteiger partial charge in [0.15, 0.2) is 0 Å². The van der Waals surface area contributed by atoms with Crippen LogP contribution in [-0.4, -0.2) is 61.2 Å². The lowest BCUT2D eigenvalue weighted by Crippen LogP contribution is -2.40. The Hall–Kier alpha value is -1.66. The lowest BCUT2D eigenvalue weighted by Gasteiger charge is -2.21. The lowest BCUT2D eigenvalue weighted by molar-refractivity contribution is -0.121. The standard InChI is InChI=1S/C24H45N3O3/c1-3-5-7-9-11-13-15-23(29)25-17-19-27(21-22-28)20-18-26-24(30)16-14-12-10-8-6-4-2/h5-8,28H,3-4,9-22H2,1-2H3,(H,25,29)(H,26,30)/b7-5+,8-6+. The summed E-state index contributed by atoms with van der Waals surface area (Å²) in [6.45, 7) is 7.31. The van der Waals surface area contributed by atoms with E-state index in [0.717, 1.165) is 51.4 Å². The van der Waals surface area contributed by atoms with Gasteiger partial charge in [-0.05, 0) is 51.4 Å². The zero-order chi connectivity index (χ0) is 22.3. The Morgan fingerprint density at radius 3 is 1.60 bits per heavy atom. The van der Waals surface area contributed by atoms with Crippen molar-refractivity contribution in [3.63, 3.8) is 0 Å². The van der Waals surface area contributed by atoms with Crippen molar-refractivity contribution in [2.45, 2.75) is 78.1 Å². The Morgan fingerprint density at radius 2 is 1.20 bits per heavy atom. The first-order chi connectivity index (χ1) is 14.6. The maximum absolute atomic E-state index is 11.9. The highest BCUT2D eigenvalue weighted by Gasteiger charge is 2.07. The molecule has 0 heterocycles. The second-order valence-corrected chi connectivity index (χ2v) is 7.52. The van der Waals surface area contributed by atoms with Crippen LogP contribution in [0, 0.1) is 0 Å². The van der Waals surface area contributed by atoms with Gasteiger partial charge in [-0.15, -0.1) is 0 Å². The van der Waals surface area contributed by atoms with E-state index >= 15 is 0 Å². The van der Waals surface area contributed by atoms with Crippen LogP contribution in [0.3, 0.4) is 0 Å². The SMILES string of the molecule is CC/C=C/CCCCC(=O)NCCN(CCO)CCNC(=O)CCCC/C=C/CC. The van der Waals surface area contributed by atoms with E-state index in [2.05, 4.69) is 53.7 Å². The first-order valence-electron chi connectivity index (χ1n) is 11.8. The van der Waals surface area contributed by atoms with E-state index in [1.165, 1.54) is 0 Å². The molecule has 0 bridgehead atoms. The van der Waals surface area contributed by atoms with Crippen LogP contribution in [0.5, 0.6) is 0 Å². The quantitative estimate of drug-likeness (QED) is 0.207. The number of aliphatic hydroxyl groups excluding tert-OH is 1. The Bertz CT molecular complexity index is 438. The maximum Gasteiger partial charge on any atom is 0.220 e. The van der Waals surface area contributed by atoms with Crippen molar-refractivity contribution in [1.82, 2.24) is 15.5 Å². The molecule has 2 amide bonds. The van der Waals surface area contributed by atoms with E-state index in [1.54, 1.807) is 0 Å². The molecule has 0 aliphatic carbocycles. The summed E-state index contributed by atoms with van der Waals surface area (Å²) in [5.41, 5.74) is 0. The molecular formula is C24H45N3O3. The van der Waals surface area contributed by atoms with Crippen LogP contribution in [0.25, 0.3) is 0 Å². The van der Waals surface area contributed by atoms with Gasteiger partial charge in [-0.2, -0.15) is 0 Å². The van der Waals surface area contributed by atoms with Gasteiger partial charge in [-0.3, -0.25) is 14.5 Å². The minimum Gasteiger partial charge on any atom is -0.395 e. The van der Waals surface area contributed by atoms with Crippen LogP contribution in [0.15, 0.2) is 24.3 Å². The number of aliphatic hydroxyl groups is 1. The maximum atomic E-state index is 11.9.